The third-order valence-corrected chi connectivity index (χ3v) is 4.57. The molecule has 0 aliphatic heterocycles. The topological polar surface area (TPSA) is 121 Å². The number of methoxy groups -OCH3 is 1. The fourth-order valence-corrected chi connectivity index (χ4v) is 2.91. The average molecular weight is 457 g/mol. The van der Waals surface area contributed by atoms with Crippen molar-refractivity contribution in [2.75, 3.05) is 17.7 Å². The number of hydrogen-bond acceptors (Lipinski definition) is 5. The first-order valence-electron chi connectivity index (χ1n) is 8.71. The number of ether oxygens (including phenoxy) is 1. The number of hydrogen-bond donors (Lipinski definition) is 4. The standard InChI is InChI=1S/C18H16ClF3N6O3/c1-8(9-3-4-12(19)11(5-9)18(20,21)22)24-16(29)25-14-6-13-10(7-23-14)15(28-27-13)26-17(30)31-2/h3-8H,1-2H3,(H2,23,24,25,29)(H2,26,27,28,30). The average Bonchev–Trinajstić information content (AvgIpc) is 3.09. The first kappa shape index (κ1) is 22.2. The number of aromatic amines is 1. The Labute approximate surface area is 178 Å². The second-order valence-electron chi connectivity index (χ2n) is 6.36. The number of carbonyl (C=O) groups excluding carboxylic acids is 2. The van der Waals surface area contributed by atoms with Crippen LogP contribution in [0.3, 0.4) is 0 Å². The number of urea groups is 1. The molecule has 1 unspecified atom stereocenters. The van der Waals surface area contributed by atoms with E-state index in [0.29, 0.717) is 10.9 Å². The summed E-state index contributed by atoms with van der Waals surface area (Å²) in [4.78, 5) is 27.6. The maximum atomic E-state index is 13.0. The Morgan fingerprint density at radius 3 is 2.65 bits per heavy atom. The number of pyridine rings is 1. The van der Waals surface area contributed by atoms with Crippen molar-refractivity contribution in [1.29, 1.82) is 0 Å². The minimum absolute atomic E-state index is 0.151. The highest BCUT2D eigenvalue weighted by Crippen LogP contribution is 2.36. The molecule has 4 N–H and O–H groups in total. The van der Waals surface area contributed by atoms with Gasteiger partial charge in [-0.1, -0.05) is 17.7 Å². The van der Waals surface area contributed by atoms with Crippen LogP contribution in [0.2, 0.25) is 5.02 Å². The number of nitrogens with one attached hydrogen (secondary N) is 4. The van der Waals surface area contributed by atoms with Gasteiger partial charge in [-0.15, -0.1) is 0 Å². The van der Waals surface area contributed by atoms with Crippen molar-refractivity contribution >= 4 is 46.3 Å². The Morgan fingerprint density at radius 2 is 1.97 bits per heavy atom. The zero-order chi connectivity index (χ0) is 22.8. The van der Waals surface area contributed by atoms with Crippen LogP contribution in [-0.4, -0.2) is 34.4 Å². The monoisotopic (exact) mass is 456 g/mol. The number of carbonyl (C=O) groups is 2. The van der Waals surface area contributed by atoms with Crippen molar-refractivity contribution in [1.82, 2.24) is 20.5 Å². The molecule has 0 spiro atoms. The van der Waals surface area contributed by atoms with Gasteiger partial charge < -0.3 is 10.1 Å². The molecule has 3 amide bonds. The lowest BCUT2D eigenvalue weighted by Gasteiger charge is -2.17. The van der Waals surface area contributed by atoms with E-state index in [9.17, 15) is 22.8 Å². The van der Waals surface area contributed by atoms with E-state index in [4.69, 9.17) is 11.6 Å². The molecule has 0 fully saturated rings. The predicted octanol–water partition coefficient (Wildman–Crippen LogP) is 4.69. The molecule has 0 saturated carbocycles. The molecule has 2 heterocycles. The molecule has 3 aromatic rings. The third kappa shape index (κ3) is 5.15. The van der Waals surface area contributed by atoms with Gasteiger partial charge in [0.1, 0.15) is 5.82 Å². The van der Waals surface area contributed by atoms with E-state index in [1.165, 1.54) is 32.4 Å². The summed E-state index contributed by atoms with van der Waals surface area (Å²) in [5.41, 5.74) is -0.289. The summed E-state index contributed by atoms with van der Waals surface area (Å²) < 4.78 is 43.6. The molecular weight excluding hydrogens is 441 g/mol. The second kappa shape index (κ2) is 8.68. The van der Waals surface area contributed by atoms with Gasteiger partial charge in [-0.25, -0.2) is 14.6 Å². The summed E-state index contributed by atoms with van der Waals surface area (Å²) in [6, 6.07) is 3.45. The first-order valence-corrected chi connectivity index (χ1v) is 9.09. The van der Waals surface area contributed by atoms with Gasteiger partial charge in [0.25, 0.3) is 0 Å². The molecule has 1 aromatic carbocycles. The fourth-order valence-electron chi connectivity index (χ4n) is 2.69. The molecule has 0 bridgehead atoms. The fraction of sp³-hybridized carbons (Fsp3) is 0.222. The maximum absolute atomic E-state index is 13.0. The summed E-state index contributed by atoms with van der Waals surface area (Å²) in [7, 11) is 1.21. The van der Waals surface area contributed by atoms with Crippen LogP contribution in [0.15, 0.2) is 30.5 Å². The number of H-pyrrole nitrogens is 1. The minimum atomic E-state index is -4.61. The highest BCUT2D eigenvalue weighted by Gasteiger charge is 2.33. The van der Waals surface area contributed by atoms with Crippen LogP contribution in [0.1, 0.15) is 24.1 Å². The predicted molar refractivity (Wildman–Crippen MR) is 107 cm³/mol. The van der Waals surface area contributed by atoms with Crippen LogP contribution in [0.5, 0.6) is 0 Å². The van der Waals surface area contributed by atoms with E-state index >= 15 is 0 Å². The molecule has 0 radical (unpaired) electrons. The van der Waals surface area contributed by atoms with Crippen molar-refractivity contribution in [2.24, 2.45) is 0 Å². The molecule has 13 heteroatoms. The van der Waals surface area contributed by atoms with E-state index in [-0.39, 0.29) is 17.2 Å². The minimum Gasteiger partial charge on any atom is -0.453 e. The van der Waals surface area contributed by atoms with Crippen molar-refractivity contribution in [2.45, 2.75) is 19.1 Å². The molecule has 1 atom stereocenters. The second-order valence-corrected chi connectivity index (χ2v) is 6.77. The van der Waals surface area contributed by atoms with Crippen molar-refractivity contribution < 1.29 is 27.5 Å². The highest BCUT2D eigenvalue weighted by molar-refractivity contribution is 6.31. The van der Waals surface area contributed by atoms with Crippen LogP contribution in [0.4, 0.5) is 34.4 Å². The molecule has 31 heavy (non-hydrogen) atoms. The number of amides is 3. The zero-order valence-corrected chi connectivity index (χ0v) is 16.9. The molecule has 2 aromatic heterocycles. The number of aromatic nitrogens is 3. The largest absolute Gasteiger partial charge is 0.453 e. The van der Waals surface area contributed by atoms with Crippen molar-refractivity contribution in [3.05, 3.63) is 46.6 Å². The summed E-state index contributed by atoms with van der Waals surface area (Å²) in [5, 5.41) is 14.1. The van der Waals surface area contributed by atoms with Gasteiger partial charge in [0, 0.05) is 12.3 Å². The van der Waals surface area contributed by atoms with Crippen molar-refractivity contribution in [3.8, 4) is 0 Å². The van der Waals surface area contributed by atoms with Crippen LogP contribution >= 0.6 is 11.6 Å². The summed E-state index contributed by atoms with van der Waals surface area (Å²) in [6.45, 7) is 1.53. The zero-order valence-electron chi connectivity index (χ0n) is 16.1. The Balaban J connectivity index is 1.69. The lowest BCUT2D eigenvalue weighted by atomic mass is 10.0. The lowest BCUT2D eigenvalue weighted by Crippen LogP contribution is -2.31. The molecule has 0 aliphatic rings. The third-order valence-electron chi connectivity index (χ3n) is 4.24. The van der Waals surface area contributed by atoms with Crippen LogP contribution < -0.4 is 16.0 Å². The number of benzene rings is 1. The Kier molecular flexibility index (Phi) is 6.20. The summed E-state index contributed by atoms with van der Waals surface area (Å²) in [6.07, 6.45) is -3.95. The smallest absolute Gasteiger partial charge is 0.417 e. The van der Waals surface area contributed by atoms with Crippen molar-refractivity contribution in [3.63, 3.8) is 0 Å². The normalized spacial score (nSPS) is 12.3. The lowest BCUT2D eigenvalue weighted by molar-refractivity contribution is -0.137. The van der Waals surface area contributed by atoms with Gasteiger partial charge in [-0.05, 0) is 24.6 Å². The molecule has 3 rings (SSSR count). The van der Waals surface area contributed by atoms with Gasteiger partial charge >= 0.3 is 18.3 Å². The van der Waals surface area contributed by atoms with Crippen LogP contribution in [0, 0.1) is 0 Å². The SMILES string of the molecule is COC(=O)Nc1n[nH]c2cc(NC(=O)NC(C)c3ccc(Cl)c(C(F)(F)F)c3)ncc12. The molecule has 0 aliphatic carbocycles. The quantitative estimate of drug-likeness (QED) is 0.454. The van der Waals surface area contributed by atoms with E-state index in [1.54, 1.807) is 0 Å². The molecule has 164 valence electrons. The summed E-state index contributed by atoms with van der Waals surface area (Å²) >= 11 is 5.62. The molecular formula is C18H16ClF3N6O3. The molecule has 0 saturated heterocycles. The highest BCUT2D eigenvalue weighted by atomic mass is 35.5. The van der Waals surface area contributed by atoms with Crippen LogP contribution in [-0.2, 0) is 10.9 Å². The molecule has 9 nitrogen and oxygen atoms in total. The van der Waals surface area contributed by atoms with E-state index in [1.807, 2.05) is 0 Å². The van der Waals surface area contributed by atoms with Gasteiger partial charge in [-0.3, -0.25) is 15.7 Å². The Hall–Kier alpha value is -3.54. The number of alkyl halides is 3. The maximum Gasteiger partial charge on any atom is 0.417 e. The number of halogens is 4. The summed E-state index contributed by atoms with van der Waals surface area (Å²) in [5.74, 6) is 0.347. The van der Waals surface area contributed by atoms with Crippen LogP contribution in [0.25, 0.3) is 10.9 Å². The number of rotatable bonds is 4. The first-order chi connectivity index (χ1) is 14.6. The van der Waals surface area contributed by atoms with Gasteiger partial charge in [-0.2, -0.15) is 18.3 Å². The van der Waals surface area contributed by atoms with Gasteiger partial charge in [0.05, 0.1) is 34.6 Å². The van der Waals surface area contributed by atoms with E-state index in [2.05, 4.69) is 35.9 Å². The van der Waals surface area contributed by atoms with E-state index in [0.717, 1.165) is 12.1 Å². The van der Waals surface area contributed by atoms with Gasteiger partial charge in [0.2, 0.25) is 0 Å². The Morgan fingerprint density at radius 1 is 1.23 bits per heavy atom. The number of nitrogens with zero attached hydrogens (tertiary/aromatic N) is 2. The Bertz CT molecular complexity index is 1130. The van der Waals surface area contributed by atoms with E-state index < -0.39 is 34.9 Å². The van der Waals surface area contributed by atoms with Gasteiger partial charge in [0.15, 0.2) is 5.82 Å². The number of anilines is 2. The number of fused-ring (bicyclic) bond motifs is 1.